The van der Waals surface area contributed by atoms with E-state index in [1.165, 1.54) is 0 Å². The van der Waals surface area contributed by atoms with E-state index in [2.05, 4.69) is 4.99 Å². The first-order valence-electron chi connectivity index (χ1n) is 4.37. The minimum Gasteiger partial charge on any atom is -0.398 e. The molecule has 1 aliphatic rings. The van der Waals surface area contributed by atoms with E-state index in [0.717, 1.165) is 30.7 Å². The second-order valence-corrected chi connectivity index (χ2v) is 3.52. The number of hydrogen-bond acceptors (Lipinski definition) is 2. The van der Waals surface area contributed by atoms with Gasteiger partial charge in [-0.1, -0.05) is 23.7 Å². The fraction of sp³-hybridized carbons (Fsp3) is 0.300. The van der Waals surface area contributed by atoms with Crippen molar-refractivity contribution >= 4 is 23.0 Å². The molecule has 68 valence electrons. The van der Waals surface area contributed by atoms with Gasteiger partial charge in [-0.3, -0.25) is 4.99 Å². The smallest absolute Gasteiger partial charge is 0.0725 e. The molecule has 0 spiro atoms. The Morgan fingerprint density at radius 2 is 2.23 bits per heavy atom. The average Bonchev–Trinajstić information content (AvgIpc) is 2.62. The molecule has 1 aliphatic heterocycles. The molecule has 0 saturated carbocycles. The summed E-state index contributed by atoms with van der Waals surface area (Å²) in [6.45, 7) is 0.917. The zero-order chi connectivity index (χ0) is 9.26. The van der Waals surface area contributed by atoms with E-state index in [1.807, 2.05) is 12.1 Å². The van der Waals surface area contributed by atoms with Crippen molar-refractivity contribution in [2.24, 2.45) is 4.99 Å². The molecule has 0 atom stereocenters. The summed E-state index contributed by atoms with van der Waals surface area (Å²) >= 11 is 6.07. The highest BCUT2D eigenvalue weighted by Crippen LogP contribution is 2.26. The van der Waals surface area contributed by atoms with Crippen molar-refractivity contribution in [2.75, 3.05) is 12.3 Å². The molecule has 13 heavy (non-hydrogen) atoms. The quantitative estimate of drug-likeness (QED) is 0.686. The largest absolute Gasteiger partial charge is 0.398 e. The van der Waals surface area contributed by atoms with Crippen LogP contribution in [0.3, 0.4) is 0 Å². The predicted octanol–water partition coefficient (Wildman–Crippen LogP) is 2.51. The third-order valence-electron chi connectivity index (χ3n) is 2.21. The number of aliphatic imine (C=N–C) groups is 1. The van der Waals surface area contributed by atoms with Gasteiger partial charge in [0.05, 0.1) is 10.7 Å². The Morgan fingerprint density at radius 1 is 1.38 bits per heavy atom. The molecule has 0 saturated heterocycles. The molecule has 0 aromatic heterocycles. The number of nitrogens with two attached hydrogens (primary N) is 1. The summed E-state index contributed by atoms with van der Waals surface area (Å²) in [7, 11) is 0. The van der Waals surface area contributed by atoms with Crippen LogP contribution in [-0.4, -0.2) is 12.3 Å². The van der Waals surface area contributed by atoms with Crippen molar-refractivity contribution in [1.82, 2.24) is 0 Å². The van der Waals surface area contributed by atoms with E-state index in [-0.39, 0.29) is 0 Å². The highest BCUT2D eigenvalue weighted by molar-refractivity contribution is 6.36. The summed E-state index contributed by atoms with van der Waals surface area (Å²) in [6.07, 6.45) is 2.14. The number of halogens is 1. The van der Waals surface area contributed by atoms with Gasteiger partial charge in [0.2, 0.25) is 0 Å². The van der Waals surface area contributed by atoms with Gasteiger partial charge in [0.15, 0.2) is 0 Å². The van der Waals surface area contributed by atoms with Crippen LogP contribution in [0.2, 0.25) is 5.02 Å². The molecule has 0 radical (unpaired) electrons. The molecular formula is C10H11ClN2. The van der Waals surface area contributed by atoms with E-state index in [0.29, 0.717) is 10.7 Å². The molecule has 0 bridgehead atoms. The number of benzene rings is 1. The minimum atomic E-state index is 0.633. The molecule has 0 amide bonds. The topological polar surface area (TPSA) is 38.4 Å². The van der Waals surface area contributed by atoms with Crippen LogP contribution < -0.4 is 5.73 Å². The van der Waals surface area contributed by atoms with Gasteiger partial charge in [-0.05, 0) is 18.9 Å². The predicted molar refractivity (Wildman–Crippen MR) is 56.5 cm³/mol. The van der Waals surface area contributed by atoms with Crippen molar-refractivity contribution < 1.29 is 0 Å². The van der Waals surface area contributed by atoms with Crippen molar-refractivity contribution in [3.8, 4) is 0 Å². The maximum atomic E-state index is 6.07. The number of nitrogens with zero attached hydrogens (tertiary/aromatic N) is 1. The van der Waals surface area contributed by atoms with Gasteiger partial charge in [0.1, 0.15) is 0 Å². The molecule has 1 aromatic rings. The van der Waals surface area contributed by atoms with Crippen molar-refractivity contribution in [3.05, 3.63) is 28.8 Å². The van der Waals surface area contributed by atoms with Gasteiger partial charge in [-0.2, -0.15) is 0 Å². The lowest BCUT2D eigenvalue weighted by molar-refractivity contribution is 0.951. The van der Waals surface area contributed by atoms with E-state index in [1.54, 1.807) is 6.07 Å². The van der Waals surface area contributed by atoms with Gasteiger partial charge in [-0.15, -0.1) is 0 Å². The van der Waals surface area contributed by atoms with Crippen LogP contribution in [0.1, 0.15) is 18.4 Å². The monoisotopic (exact) mass is 194 g/mol. The summed E-state index contributed by atoms with van der Waals surface area (Å²) in [5, 5.41) is 0.642. The van der Waals surface area contributed by atoms with Crippen LogP contribution in [-0.2, 0) is 0 Å². The molecule has 3 heteroatoms. The van der Waals surface area contributed by atoms with Crippen LogP contribution in [0.5, 0.6) is 0 Å². The first-order valence-corrected chi connectivity index (χ1v) is 4.74. The standard InChI is InChI=1S/C10H11ClN2/c11-10-7(3-1-4-8(10)12)9-5-2-6-13-9/h1,3-4H,2,5-6,12H2. The Hall–Kier alpha value is -1.02. The molecule has 0 unspecified atom stereocenters. The molecular weight excluding hydrogens is 184 g/mol. The molecule has 1 aromatic carbocycles. The lowest BCUT2D eigenvalue weighted by Crippen LogP contribution is -1.99. The Labute approximate surface area is 82.4 Å². The molecule has 2 nitrogen and oxygen atoms in total. The summed E-state index contributed by atoms with van der Waals surface area (Å²) in [4.78, 5) is 4.38. The van der Waals surface area contributed by atoms with E-state index < -0.39 is 0 Å². The van der Waals surface area contributed by atoms with E-state index >= 15 is 0 Å². The first-order chi connectivity index (χ1) is 6.29. The highest BCUT2D eigenvalue weighted by Gasteiger charge is 2.12. The Morgan fingerprint density at radius 3 is 2.92 bits per heavy atom. The Balaban J connectivity index is 2.45. The van der Waals surface area contributed by atoms with Crippen LogP contribution in [0.25, 0.3) is 0 Å². The van der Waals surface area contributed by atoms with Crippen LogP contribution in [0, 0.1) is 0 Å². The van der Waals surface area contributed by atoms with Gasteiger partial charge in [0, 0.05) is 17.8 Å². The fourth-order valence-corrected chi connectivity index (χ4v) is 1.77. The summed E-state index contributed by atoms with van der Waals surface area (Å²) < 4.78 is 0. The van der Waals surface area contributed by atoms with Crippen molar-refractivity contribution in [1.29, 1.82) is 0 Å². The third kappa shape index (κ3) is 1.54. The van der Waals surface area contributed by atoms with Gasteiger partial charge < -0.3 is 5.73 Å². The zero-order valence-electron chi connectivity index (χ0n) is 7.26. The zero-order valence-corrected chi connectivity index (χ0v) is 8.01. The fourth-order valence-electron chi connectivity index (χ4n) is 1.53. The maximum Gasteiger partial charge on any atom is 0.0725 e. The van der Waals surface area contributed by atoms with Crippen molar-refractivity contribution in [3.63, 3.8) is 0 Å². The van der Waals surface area contributed by atoms with Crippen LogP contribution in [0.4, 0.5) is 5.69 Å². The SMILES string of the molecule is Nc1cccc(C2=NCCC2)c1Cl. The Kier molecular flexibility index (Phi) is 2.23. The number of hydrogen-bond donors (Lipinski definition) is 1. The summed E-state index contributed by atoms with van der Waals surface area (Å²) in [5.74, 6) is 0. The average molecular weight is 195 g/mol. The number of nitrogen functional groups attached to an aromatic ring is 1. The van der Waals surface area contributed by atoms with Gasteiger partial charge in [-0.25, -0.2) is 0 Å². The van der Waals surface area contributed by atoms with E-state index in [4.69, 9.17) is 17.3 Å². The van der Waals surface area contributed by atoms with Gasteiger partial charge >= 0.3 is 0 Å². The van der Waals surface area contributed by atoms with Crippen LogP contribution >= 0.6 is 11.6 Å². The van der Waals surface area contributed by atoms with Gasteiger partial charge in [0.25, 0.3) is 0 Å². The van der Waals surface area contributed by atoms with Crippen molar-refractivity contribution in [2.45, 2.75) is 12.8 Å². The minimum absolute atomic E-state index is 0.633. The summed E-state index contributed by atoms with van der Waals surface area (Å²) in [6, 6.07) is 5.70. The first kappa shape index (κ1) is 8.57. The lowest BCUT2D eigenvalue weighted by Gasteiger charge is -2.05. The number of rotatable bonds is 1. The number of anilines is 1. The normalized spacial score (nSPS) is 15.9. The molecule has 2 N–H and O–H groups in total. The third-order valence-corrected chi connectivity index (χ3v) is 2.64. The molecule has 0 fully saturated rings. The molecule has 0 aliphatic carbocycles. The lowest BCUT2D eigenvalue weighted by atomic mass is 10.1. The maximum absolute atomic E-state index is 6.07. The molecule has 2 rings (SSSR count). The second-order valence-electron chi connectivity index (χ2n) is 3.14. The molecule has 1 heterocycles. The second kappa shape index (κ2) is 3.38. The van der Waals surface area contributed by atoms with E-state index in [9.17, 15) is 0 Å². The Bertz CT molecular complexity index is 358. The highest BCUT2D eigenvalue weighted by atomic mass is 35.5. The van der Waals surface area contributed by atoms with Crippen LogP contribution in [0.15, 0.2) is 23.2 Å². The summed E-state index contributed by atoms with van der Waals surface area (Å²) in [5.41, 5.74) is 8.43.